The molecule has 2 heterocycles. The molecule has 0 bridgehead atoms. The van der Waals surface area contributed by atoms with E-state index in [-0.39, 0.29) is 0 Å². The number of rotatable bonds is 13. The quantitative estimate of drug-likeness (QED) is 0.126. The van der Waals surface area contributed by atoms with E-state index < -0.39 is 29.1 Å². The Morgan fingerprint density at radius 3 is 1.38 bits per heavy atom. The molecule has 0 aromatic heterocycles. The average Bonchev–Trinajstić information content (AvgIpc) is 3.10. The van der Waals surface area contributed by atoms with Gasteiger partial charge in [-0.15, -0.1) is 0 Å². The Labute approximate surface area is 282 Å². The number of hydrogen-bond donors (Lipinski definition) is 0. The molecule has 6 rings (SSSR count). The summed E-state index contributed by atoms with van der Waals surface area (Å²) in [4.78, 5) is 25.9. The molecule has 4 aromatic carbocycles. The van der Waals surface area contributed by atoms with E-state index in [2.05, 4.69) is 13.8 Å². The predicted octanol–water partition coefficient (Wildman–Crippen LogP) is 9.77. The fourth-order valence-electron chi connectivity index (χ4n) is 5.36. The highest BCUT2D eigenvalue weighted by Crippen LogP contribution is 2.55. The van der Waals surface area contributed by atoms with Crippen molar-refractivity contribution in [2.75, 3.05) is 14.2 Å². The molecule has 0 saturated carbocycles. The minimum absolute atomic E-state index is 0.330. The molecule has 0 amide bonds. The SMILES string of the molecule is CCCCc1cc(OC)cc(-c2cc(OC)cc(CCCC)c2OP2OC(=O)c3ccccc3O2)c1OP1OC(=O)c2ccccc2O1. The summed E-state index contributed by atoms with van der Waals surface area (Å²) in [5, 5.41) is 0. The van der Waals surface area contributed by atoms with Crippen molar-refractivity contribution >= 4 is 29.1 Å². The number of hydrogen-bond acceptors (Lipinski definition) is 10. The van der Waals surface area contributed by atoms with Crippen LogP contribution in [0.1, 0.15) is 71.4 Å². The van der Waals surface area contributed by atoms with Gasteiger partial charge in [-0.25, -0.2) is 9.59 Å². The molecule has 12 heteroatoms. The standard InChI is InChI=1S/C36H36O10P2/c1-5-7-13-23-19-25(39-3)21-29(33(23)43-47-41-31-17-11-9-15-27(31)35(37)45-47)30-22-26(40-4)20-24(14-8-6-2)34(30)44-48-42-32-18-12-10-16-28(32)36(38)46-48/h9-12,15-22H,5-8,13-14H2,1-4H3. The van der Waals surface area contributed by atoms with Crippen molar-refractivity contribution in [2.24, 2.45) is 0 Å². The number of para-hydroxylation sites is 2. The first kappa shape index (κ1) is 33.4. The van der Waals surface area contributed by atoms with Crippen LogP contribution in [-0.4, -0.2) is 26.2 Å². The molecule has 2 aliphatic heterocycles. The van der Waals surface area contributed by atoms with E-state index in [1.54, 1.807) is 62.8 Å². The van der Waals surface area contributed by atoms with Gasteiger partial charge in [0.25, 0.3) is 0 Å². The molecule has 4 aromatic rings. The lowest BCUT2D eigenvalue weighted by molar-refractivity contribution is 0.0685. The molecule has 2 atom stereocenters. The second-order valence-corrected chi connectivity index (χ2v) is 13.1. The Balaban J connectivity index is 1.49. The largest absolute Gasteiger partial charge is 0.532 e. The molecule has 0 saturated heterocycles. The van der Waals surface area contributed by atoms with Gasteiger partial charge in [0.2, 0.25) is 0 Å². The van der Waals surface area contributed by atoms with Crippen LogP contribution in [0.4, 0.5) is 0 Å². The van der Waals surface area contributed by atoms with Crippen molar-refractivity contribution in [3.63, 3.8) is 0 Å². The maximum atomic E-state index is 12.9. The highest BCUT2D eigenvalue weighted by molar-refractivity contribution is 7.43. The average molecular weight is 691 g/mol. The molecule has 2 unspecified atom stereocenters. The Morgan fingerprint density at radius 1 is 0.562 bits per heavy atom. The second-order valence-electron chi connectivity index (χ2n) is 11.1. The highest BCUT2D eigenvalue weighted by atomic mass is 31.2. The van der Waals surface area contributed by atoms with Gasteiger partial charge in [-0.05, 0) is 85.3 Å². The van der Waals surface area contributed by atoms with Gasteiger partial charge in [0, 0.05) is 11.1 Å². The molecule has 0 fully saturated rings. The van der Waals surface area contributed by atoms with Gasteiger partial charge >= 0.3 is 29.1 Å². The van der Waals surface area contributed by atoms with Crippen LogP contribution in [-0.2, 0) is 21.9 Å². The van der Waals surface area contributed by atoms with Gasteiger partial charge in [-0.3, -0.25) is 0 Å². The van der Waals surface area contributed by atoms with Crippen LogP contribution in [0.3, 0.4) is 0 Å². The van der Waals surface area contributed by atoms with Crippen LogP contribution >= 0.6 is 17.2 Å². The molecule has 0 radical (unpaired) electrons. The lowest BCUT2D eigenvalue weighted by Crippen LogP contribution is -2.15. The number of unbranched alkanes of at least 4 members (excludes halogenated alkanes) is 2. The number of aryl methyl sites for hydroxylation is 2. The van der Waals surface area contributed by atoms with Crippen molar-refractivity contribution in [3.8, 4) is 45.6 Å². The normalized spacial score (nSPS) is 16.3. The van der Waals surface area contributed by atoms with Crippen LogP contribution in [0.5, 0.6) is 34.5 Å². The first-order valence-corrected chi connectivity index (χ1v) is 18.0. The first-order valence-electron chi connectivity index (χ1n) is 15.8. The maximum Gasteiger partial charge on any atom is 0.532 e. The van der Waals surface area contributed by atoms with E-state index in [0.717, 1.165) is 36.8 Å². The van der Waals surface area contributed by atoms with E-state index in [9.17, 15) is 9.59 Å². The Morgan fingerprint density at radius 2 is 0.979 bits per heavy atom. The number of carbonyl (C=O) groups is 2. The smallest absolute Gasteiger partial charge is 0.497 e. The lowest BCUT2D eigenvalue weighted by Gasteiger charge is -2.27. The first-order chi connectivity index (χ1) is 23.4. The van der Waals surface area contributed by atoms with E-state index in [0.29, 0.717) is 69.6 Å². The van der Waals surface area contributed by atoms with E-state index >= 15 is 0 Å². The third-order valence-electron chi connectivity index (χ3n) is 7.85. The van der Waals surface area contributed by atoms with Crippen molar-refractivity contribution in [1.29, 1.82) is 0 Å². The Kier molecular flexibility index (Phi) is 10.5. The van der Waals surface area contributed by atoms with E-state index in [4.69, 9.17) is 36.6 Å². The Hall–Kier alpha value is -4.52. The minimum atomic E-state index is -2.17. The number of fused-ring (bicyclic) bond motifs is 2. The number of methoxy groups -OCH3 is 2. The number of benzene rings is 4. The molecule has 48 heavy (non-hydrogen) atoms. The summed E-state index contributed by atoms with van der Waals surface area (Å²) in [5.74, 6) is 1.79. The van der Waals surface area contributed by atoms with Gasteiger partial charge in [-0.2, -0.15) is 0 Å². The summed E-state index contributed by atoms with van der Waals surface area (Å²) in [7, 11) is -1.14. The van der Waals surface area contributed by atoms with Crippen molar-refractivity contribution in [2.45, 2.75) is 52.4 Å². The number of ether oxygens (including phenoxy) is 2. The topological polar surface area (TPSA) is 108 Å². The van der Waals surface area contributed by atoms with Crippen molar-refractivity contribution in [1.82, 2.24) is 0 Å². The molecule has 0 N–H and O–H groups in total. The van der Waals surface area contributed by atoms with Gasteiger partial charge in [0.1, 0.15) is 45.6 Å². The van der Waals surface area contributed by atoms with Gasteiger partial charge in [-0.1, -0.05) is 51.0 Å². The van der Waals surface area contributed by atoms with Gasteiger partial charge in [0.05, 0.1) is 14.2 Å². The summed E-state index contributed by atoms with van der Waals surface area (Å²) in [6.07, 6.45) is 4.89. The second kappa shape index (κ2) is 15.1. The Bertz CT molecular complexity index is 1680. The third-order valence-corrected chi connectivity index (χ3v) is 9.83. The third kappa shape index (κ3) is 7.15. The number of carbonyl (C=O) groups excluding carboxylic acids is 2. The molecule has 0 spiro atoms. The van der Waals surface area contributed by atoms with Crippen LogP contribution in [0.2, 0.25) is 0 Å². The van der Waals surface area contributed by atoms with Crippen LogP contribution in [0, 0.1) is 0 Å². The molecular weight excluding hydrogens is 654 g/mol. The summed E-state index contributed by atoms with van der Waals surface area (Å²) in [6.45, 7) is 4.21. The van der Waals surface area contributed by atoms with Crippen LogP contribution < -0.4 is 27.6 Å². The molecular formula is C36H36O10P2. The summed E-state index contributed by atoms with van der Waals surface area (Å²) < 4.78 is 48.1. The fourth-order valence-corrected chi connectivity index (χ4v) is 7.42. The summed E-state index contributed by atoms with van der Waals surface area (Å²) in [6, 6.07) is 21.3. The molecule has 0 aliphatic carbocycles. The summed E-state index contributed by atoms with van der Waals surface area (Å²) >= 11 is 0. The zero-order chi connectivity index (χ0) is 33.6. The highest BCUT2D eigenvalue weighted by Gasteiger charge is 2.36. The van der Waals surface area contributed by atoms with Gasteiger partial charge in [0.15, 0.2) is 0 Å². The fraction of sp³-hybridized carbons (Fsp3) is 0.278. The van der Waals surface area contributed by atoms with E-state index in [1.807, 2.05) is 24.3 Å². The monoisotopic (exact) mass is 690 g/mol. The zero-order valence-electron chi connectivity index (χ0n) is 27.1. The van der Waals surface area contributed by atoms with Crippen molar-refractivity contribution in [3.05, 3.63) is 95.1 Å². The zero-order valence-corrected chi connectivity index (χ0v) is 28.9. The van der Waals surface area contributed by atoms with Crippen LogP contribution in [0.15, 0.2) is 72.8 Å². The molecule has 2 aliphatic rings. The predicted molar refractivity (Wildman–Crippen MR) is 182 cm³/mol. The van der Waals surface area contributed by atoms with Crippen molar-refractivity contribution < 1.29 is 46.2 Å². The lowest BCUT2D eigenvalue weighted by atomic mass is 9.94. The van der Waals surface area contributed by atoms with Gasteiger partial charge < -0.3 is 36.6 Å². The maximum absolute atomic E-state index is 12.9. The van der Waals surface area contributed by atoms with Crippen LogP contribution in [0.25, 0.3) is 11.1 Å². The summed E-state index contributed by atoms with van der Waals surface area (Å²) in [5.41, 5.74) is 3.50. The molecule has 250 valence electrons. The minimum Gasteiger partial charge on any atom is -0.497 e. The molecule has 10 nitrogen and oxygen atoms in total. The van der Waals surface area contributed by atoms with E-state index in [1.165, 1.54) is 0 Å².